The van der Waals surface area contributed by atoms with E-state index in [0.29, 0.717) is 30.8 Å². The molecule has 0 bridgehead atoms. The minimum atomic E-state index is -3.64. The lowest BCUT2D eigenvalue weighted by Gasteiger charge is -2.33. The first kappa shape index (κ1) is 18.8. The summed E-state index contributed by atoms with van der Waals surface area (Å²) in [6.45, 7) is 6.65. The van der Waals surface area contributed by atoms with Crippen molar-refractivity contribution in [2.45, 2.75) is 31.7 Å². The van der Waals surface area contributed by atoms with Gasteiger partial charge in [0.1, 0.15) is 0 Å². The Labute approximate surface area is 136 Å². The molecule has 1 atom stereocenters. The van der Waals surface area contributed by atoms with E-state index in [9.17, 15) is 18.5 Å². The van der Waals surface area contributed by atoms with Gasteiger partial charge in [-0.05, 0) is 31.9 Å². The topological polar surface area (TPSA) is 92.5 Å². The van der Waals surface area contributed by atoms with E-state index in [1.807, 2.05) is 6.92 Å². The molecule has 0 amide bonds. The van der Waals surface area contributed by atoms with Crippen LogP contribution in [-0.4, -0.2) is 43.3 Å². The first-order chi connectivity index (χ1) is 9.75. The number of nitrogens with zero attached hydrogens (tertiary/aromatic N) is 2. The normalized spacial score (nSPS) is 19.5. The second kappa shape index (κ2) is 6.91. The summed E-state index contributed by atoms with van der Waals surface area (Å²) in [5.74, 6) is 0. The summed E-state index contributed by atoms with van der Waals surface area (Å²) in [4.78, 5) is 10.5. The maximum absolute atomic E-state index is 12.8. The van der Waals surface area contributed by atoms with Crippen molar-refractivity contribution in [3.8, 4) is 0 Å². The molecule has 22 heavy (non-hydrogen) atoms. The van der Waals surface area contributed by atoms with Crippen LogP contribution >= 0.6 is 12.4 Å². The fourth-order valence-corrected chi connectivity index (χ4v) is 4.78. The lowest BCUT2D eigenvalue weighted by molar-refractivity contribution is -0.385. The number of halogens is 1. The van der Waals surface area contributed by atoms with Gasteiger partial charge in [-0.15, -0.1) is 12.4 Å². The van der Waals surface area contributed by atoms with E-state index in [1.165, 1.54) is 16.4 Å². The lowest BCUT2D eigenvalue weighted by atomic mass is 10.1. The van der Waals surface area contributed by atoms with E-state index in [0.717, 1.165) is 0 Å². The van der Waals surface area contributed by atoms with Crippen LogP contribution in [0.15, 0.2) is 17.0 Å². The van der Waals surface area contributed by atoms with E-state index in [1.54, 1.807) is 13.8 Å². The number of sulfonamides is 1. The van der Waals surface area contributed by atoms with Gasteiger partial charge in [0, 0.05) is 37.8 Å². The van der Waals surface area contributed by atoms with Crippen LogP contribution in [0.3, 0.4) is 0 Å². The summed E-state index contributed by atoms with van der Waals surface area (Å²) in [5.41, 5.74) is 0.733. The quantitative estimate of drug-likeness (QED) is 0.661. The molecule has 1 N–H and O–H groups in total. The van der Waals surface area contributed by atoms with Crippen molar-refractivity contribution in [2.24, 2.45) is 0 Å². The molecule has 1 aromatic rings. The van der Waals surface area contributed by atoms with Crippen molar-refractivity contribution in [1.82, 2.24) is 9.62 Å². The van der Waals surface area contributed by atoms with E-state index in [-0.39, 0.29) is 29.0 Å². The third-order valence-corrected chi connectivity index (χ3v) is 5.98. The number of nitro groups is 1. The molecule has 1 fully saturated rings. The van der Waals surface area contributed by atoms with Gasteiger partial charge in [-0.1, -0.05) is 0 Å². The molecule has 1 aliphatic heterocycles. The smallest absolute Gasteiger partial charge is 0.270 e. The second-order valence-electron chi connectivity index (χ2n) is 5.33. The fraction of sp³-hybridized carbons (Fsp3) is 0.538. The predicted octanol–water partition coefficient (Wildman–Crippen LogP) is 1.62. The highest BCUT2D eigenvalue weighted by Crippen LogP contribution is 2.29. The number of hydrogen-bond donors (Lipinski definition) is 1. The van der Waals surface area contributed by atoms with Crippen LogP contribution in [0.25, 0.3) is 0 Å². The van der Waals surface area contributed by atoms with Crippen molar-refractivity contribution >= 4 is 28.1 Å². The number of non-ortho nitro benzene ring substituents is 1. The molecule has 7 nitrogen and oxygen atoms in total. The Morgan fingerprint density at radius 3 is 2.32 bits per heavy atom. The SMILES string of the molecule is Cc1cc([N+](=O)[O-])cc(C)c1S(=O)(=O)N1CCNCC1C.Cl. The summed E-state index contributed by atoms with van der Waals surface area (Å²) in [5, 5.41) is 14.0. The number of piperazine rings is 1. The van der Waals surface area contributed by atoms with Gasteiger partial charge in [0.05, 0.1) is 9.82 Å². The van der Waals surface area contributed by atoms with Gasteiger partial charge >= 0.3 is 0 Å². The zero-order chi connectivity index (χ0) is 15.8. The molecule has 0 spiro atoms. The molecule has 0 radical (unpaired) electrons. The fourth-order valence-electron chi connectivity index (χ4n) is 2.74. The van der Waals surface area contributed by atoms with E-state index >= 15 is 0 Å². The second-order valence-corrected chi connectivity index (χ2v) is 7.16. The third-order valence-electron chi connectivity index (χ3n) is 3.66. The van der Waals surface area contributed by atoms with Crippen molar-refractivity contribution in [3.63, 3.8) is 0 Å². The van der Waals surface area contributed by atoms with Crippen LogP contribution in [0, 0.1) is 24.0 Å². The molecular formula is C13H20ClN3O4S. The van der Waals surface area contributed by atoms with Crippen LogP contribution in [0.5, 0.6) is 0 Å². The molecule has 1 unspecified atom stereocenters. The maximum atomic E-state index is 12.8. The molecule has 1 aromatic carbocycles. The van der Waals surface area contributed by atoms with Gasteiger partial charge in [-0.25, -0.2) is 8.42 Å². The molecule has 2 rings (SSSR count). The zero-order valence-corrected chi connectivity index (χ0v) is 14.3. The Morgan fingerprint density at radius 1 is 1.32 bits per heavy atom. The maximum Gasteiger partial charge on any atom is 0.270 e. The zero-order valence-electron chi connectivity index (χ0n) is 12.7. The van der Waals surface area contributed by atoms with Crippen LogP contribution < -0.4 is 5.32 Å². The van der Waals surface area contributed by atoms with Crippen molar-refractivity contribution in [2.75, 3.05) is 19.6 Å². The Hall–Kier alpha value is -1.22. The van der Waals surface area contributed by atoms with Crippen LogP contribution in [0.1, 0.15) is 18.1 Å². The van der Waals surface area contributed by atoms with Crippen molar-refractivity contribution in [1.29, 1.82) is 0 Å². The Morgan fingerprint density at radius 2 is 1.86 bits per heavy atom. The Kier molecular flexibility index (Phi) is 5.91. The number of nitro benzene ring substituents is 1. The molecule has 1 heterocycles. The van der Waals surface area contributed by atoms with E-state index in [4.69, 9.17) is 0 Å². The molecule has 0 aromatic heterocycles. The third kappa shape index (κ3) is 3.40. The number of benzene rings is 1. The highest BCUT2D eigenvalue weighted by atomic mass is 35.5. The van der Waals surface area contributed by atoms with Gasteiger partial charge in [0.15, 0.2) is 0 Å². The van der Waals surface area contributed by atoms with Crippen molar-refractivity contribution < 1.29 is 13.3 Å². The van der Waals surface area contributed by atoms with Gasteiger partial charge in [-0.2, -0.15) is 4.31 Å². The summed E-state index contributed by atoms with van der Waals surface area (Å²) < 4.78 is 27.2. The van der Waals surface area contributed by atoms with Gasteiger partial charge in [-0.3, -0.25) is 10.1 Å². The summed E-state index contributed by atoms with van der Waals surface area (Å²) >= 11 is 0. The Balaban J connectivity index is 0.00000242. The predicted molar refractivity (Wildman–Crippen MR) is 86.0 cm³/mol. The molecule has 9 heteroatoms. The Bertz CT molecular complexity index is 655. The summed E-state index contributed by atoms with van der Waals surface area (Å²) in [7, 11) is -3.64. The monoisotopic (exact) mass is 349 g/mol. The van der Waals surface area contributed by atoms with E-state index < -0.39 is 14.9 Å². The standard InChI is InChI=1S/C13H19N3O4S.ClH/c1-9-6-12(16(17)18)7-10(2)13(9)21(19,20)15-5-4-14-8-11(15)3;/h6-7,11,14H,4-5,8H2,1-3H3;1H. The highest BCUT2D eigenvalue weighted by molar-refractivity contribution is 7.89. The average Bonchev–Trinajstić information content (AvgIpc) is 2.37. The number of nitrogens with one attached hydrogen (secondary N) is 1. The van der Waals surface area contributed by atoms with Crippen LogP contribution in [0.4, 0.5) is 5.69 Å². The molecule has 0 saturated carbocycles. The van der Waals surface area contributed by atoms with Gasteiger partial charge < -0.3 is 5.32 Å². The molecule has 1 aliphatic rings. The number of aryl methyl sites for hydroxylation is 2. The first-order valence-electron chi connectivity index (χ1n) is 6.73. The molecule has 1 saturated heterocycles. The summed E-state index contributed by atoms with van der Waals surface area (Å²) in [6, 6.07) is 2.48. The van der Waals surface area contributed by atoms with Gasteiger partial charge in [0.2, 0.25) is 10.0 Å². The molecule has 0 aliphatic carbocycles. The van der Waals surface area contributed by atoms with Crippen LogP contribution in [0.2, 0.25) is 0 Å². The van der Waals surface area contributed by atoms with Crippen LogP contribution in [-0.2, 0) is 10.0 Å². The first-order valence-corrected chi connectivity index (χ1v) is 8.17. The minimum Gasteiger partial charge on any atom is -0.314 e. The lowest BCUT2D eigenvalue weighted by Crippen LogP contribution is -2.52. The van der Waals surface area contributed by atoms with Gasteiger partial charge in [0.25, 0.3) is 5.69 Å². The average molecular weight is 350 g/mol. The minimum absolute atomic E-state index is 0. The molecular weight excluding hydrogens is 330 g/mol. The summed E-state index contributed by atoms with van der Waals surface area (Å²) in [6.07, 6.45) is 0. The van der Waals surface area contributed by atoms with E-state index in [2.05, 4.69) is 5.32 Å². The molecule has 124 valence electrons. The number of hydrogen-bond acceptors (Lipinski definition) is 5. The highest BCUT2D eigenvalue weighted by Gasteiger charge is 2.33. The largest absolute Gasteiger partial charge is 0.314 e. The number of rotatable bonds is 3. The van der Waals surface area contributed by atoms with Crippen molar-refractivity contribution in [3.05, 3.63) is 33.4 Å².